The summed E-state index contributed by atoms with van der Waals surface area (Å²) in [6.45, 7) is 2.86. The van der Waals surface area contributed by atoms with E-state index in [4.69, 9.17) is 4.74 Å². The first-order chi connectivity index (χ1) is 14.1. The summed E-state index contributed by atoms with van der Waals surface area (Å²) in [5.41, 5.74) is 3.02. The highest BCUT2D eigenvalue weighted by Crippen LogP contribution is 2.22. The minimum absolute atomic E-state index is 0.163. The van der Waals surface area contributed by atoms with Crippen molar-refractivity contribution in [3.63, 3.8) is 0 Å². The molecule has 0 atom stereocenters. The molecule has 2 heterocycles. The van der Waals surface area contributed by atoms with Crippen LogP contribution in [0.1, 0.15) is 16.7 Å². The average molecular weight is 416 g/mol. The van der Waals surface area contributed by atoms with E-state index in [0.717, 1.165) is 12.0 Å². The van der Waals surface area contributed by atoms with E-state index >= 15 is 0 Å². The number of hydrogen-bond acceptors (Lipinski definition) is 4. The van der Waals surface area contributed by atoms with Crippen molar-refractivity contribution in [3.8, 4) is 0 Å². The summed E-state index contributed by atoms with van der Waals surface area (Å²) in [4.78, 5) is 14.7. The maximum Gasteiger partial charge on any atom is 0.317 e. The molecule has 7 nitrogen and oxygen atoms in total. The monoisotopic (exact) mass is 415 g/mol. The van der Waals surface area contributed by atoms with E-state index in [1.54, 1.807) is 29.2 Å². The minimum Gasteiger partial charge on any atom is -0.379 e. The number of sulfonamides is 1. The summed E-state index contributed by atoms with van der Waals surface area (Å²) in [7, 11) is -3.62. The molecule has 2 aliphatic heterocycles. The van der Waals surface area contributed by atoms with Gasteiger partial charge in [0.25, 0.3) is 0 Å². The van der Waals surface area contributed by atoms with Gasteiger partial charge in [0.05, 0.1) is 18.1 Å². The molecule has 0 saturated carbocycles. The Bertz CT molecular complexity index is 987. The smallest absolute Gasteiger partial charge is 0.317 e. The van der Waals surface area contributed by atoms with Crippen LogP contribution in [0, 0.1) is 0 Å². The van der Waals surface area contributed by atoms with Crippen LogP contribution >= 0.6 is 0 Å². The first kappa shape index (κ1) is 19.9. The highest BCUT2D eigenvalue weighted by Gasteiger charge is 2.28. The Morgan fingerprint density at radius 2 is 1.66 bits per heavy atom. The van der Waals surface area contributed by atoms with Gasteiger partial charge in [0, 0.05) is 32.7 Å². The second-order valence-corrected chi connectivity index (χ2v) is 9.13. The first-order valence-electron chi connectivity index (χ1n) is 9.81. The number of rotatable bonds is 4. The molecule has 1 N–H and O–H groups in total. The lowest BCUT2D eigenvalue weighted by atomic mass is 10.0. The molecule has 0 unspecified atom stereocenters. The molecule has 2 amide bonds. The van der Waals surface area contributed by atoms with Gasteiger partial charge in [0.1, 0.15) is 0 Å². The number of carbonyl (C=O) groups excluding carboxylic acids is 1. The van der Waals surface area contributed by atoms with Crippen LogP contribution in [0.3, 0.4) is 0 Å². The Balaban J connectivity index is 1.45. The van der Waals surface area contributed by atoms with E-state index in [9.17, 15) is 13.2 Å². The number of fused-ring (bicyclic) bond motifs is 1. The molecule has 2 aromatic rings. The zero-order chi connectivity index (χ0) is 20.3. The van der Waals surface area contributed by atoms with Crippen LogP contribution in [0.2, 0.25) is 0 Å². The van der Waals surface area contributed by atoms with Gasteiger partial charge in [0.15, 0.2) is 0 Å². The second kappa shape index (κ2) is 8.52. The summed E-state index contributed by atoms with van der Waals surface area (Å²) in [6.07, 6.45) is 0.825. The van der Waals surface area contributed by atoms with Crippen LogP contribution in [0.25, 0.3) is 0 Å². The number of benzene rings is 2. The summed E-state index contributed by atoms with van der Waals surface area (Å²) in [5, 5.41) is 2.89. The van der Waals surface area contributed by atoms with E-state index in [-0.39, 0.29) is 17.5 Å². The zero-order valence-corrected chi connectivity index (χ0v) is 17.0. The highest BCUT2D eigenvalue weighted by atomic mass is 32.2. The van der Waals surface area contributed by atoms with Crippen LogP contribution in [-0.2, 0) is 34.3 Å². The number of urea groups is 1. The van der Waals surface area contributed by atoms with Gasteiger partial charge in [-0.05, 0) is 29.2 Å². The van der Waals surface area contributed by atoms with Gasteiger partial charge in [-0.3, -0.25) is 0 Å². The molecule has 29 heavy (non-hydrogen) atoms. The standard InChI is InChI=1S/C21H25N3O4S/c25-21(23-10-9-17-5-1-2-7-19(17)16-23)22-15-18-6-3-4-8-20(18)29(26,27)24-11-13-28-14-12-24/h1-8H,9-16H2,(H,22,25). The van der Waals surface area contributed by atoms with E-state index in [1.165, 1.54) is 9.87 Å². The van der Waals surface area contributed by atoms with Crippen molar-refractivity contribution in [2.75, 3.05) is 32.8 Å². The van der Waals surface area contributed by atoms with Crippen LogP contribution in [0.15, 0.2) is 53.4 Å². The Kier molecular flexibility index (Phi) is 5.84. The zero-order valence-electron chi connectivity index (χ0n) is 16.2. The maximum absolute atomic E-state index is 13.0. The third-order valence-electron chi connectivity index (χ3n) is 5.41. The van der Waals surface area contributed by atoms with Gasteiger partial charge >= 0.3 is 6.03 Å². The molecule has 1 fully saturated rings. The lowest BCUT2D eigenvalue weighted by Crippen LogP contribution is -2.43. The summed E-state index contributed by atoms with van der Waals surface area (Å²) in [5.74, 6) is 0. The number of ether oxygens (including phenoxy) is 1. The first-order valence-corrected chi connectivity index (χ1v) is 11.2. The summed E-state index contributed by atoms with van der Waals surface area (Å²) >= 11 is 0. The number of hydrogen-bond donors (Lipinski definition) is 1. The van der Waals surface area contributed by atoms with Crippen molar-refractivity contribution in [3.05, 3.63) is 65.2 Å². The molecule has 0 aromatic heterocycles. The third kappa shape index (κ3) is 4.29. The minimum atomic E-state index is -3.62. The maximum atomic E-state index is 13.0. The van der Waals surface area contributed by atoms with Crippen molar-refractivity contribution >= 4 is 16.1 Å². The number of carbonyl (C=O) groups is 1. The number of amides is 2. The van der Waals surface area contributed by atoms with E-state index in [2.05, 4.69) is 11.4 Å². The Hall–Kier alpha value is -2.42. The van der Waals surface area contributed by atoms with Gasteiger partial charge in [-0.1, -0.05) is 42.5 Å². The summed E-state index contributed by atoms with van der Waals surface area (Å²) < 4.78 is 32.8. The predicted octanol–water partition coefficient (Wildman–Crippen LogP) is 1.98. The molecular formula is C21H25N3O4S. The third-order valence-corrected chi connectivity index (χ3v) is 7.41. The Labute approximate surface area is 171 Å². The SMILES string of the molecule is O=C(NCc1ccccc1S(=O)(=O)N1CCOCC1)N1CCc2ccccc2C1. The van der Waals surface area contributed by atoms with Crippen molar-refractivity contribution in [2.24, 2.45) is 0 Å². The highest BCUT2D eigenvalue weighted by molar-refractivity contribution is 7.89. The average Bonchev–Trinajstić information content (AvgIpc) is 2.78. The fourth-order valence-electron chi connectivity index (χ4n) is 3.78. The van der Waals surface area contributed by atoms with Gasteiger partial charge in [-0.15, -0.1) is 0 Å². The fourth-order valence-corrected chi connectivity index (χ4v) is 5.41. The Morgan fingerprint density at radius 1 is 0.966 bits per heavy atom. The van der Waals surface area contributed by atoms with Gasteiger partial charge < -0.3 is 15.0 Å². The normalized spacial score (nSPS) is 17.6. The van der Waals surface area contributed by atoms with Gasteiger partial charge in [-0.25, -0.2) is 13.2 Å². The summed E-state index contributed by atoms with van der Waals surface area (Å²) in [6, 6.07) is 14.8. The molecule has 154 valence electrons. The molecule has 0 aliphatic carbocycles. The fraction of sp³-hybridized carbons (Fsp3) is 0.381. The largest absolute Gasteiger partial charge is 0.379 e. The lowest BCUT2D eigenvalue weighted by molar-refractivity contribution is 0.0730. The molecule has 0 spiro atoms. The van der Waals surface area contributed by atoms with Gasteiger partial charge in [0.2, 0.25) is 10.0 Å². The molecular weight excluding hydrogens is 390 g/mol. The van der Waals surface area contributed by atoms with Crippen LogP contribution in [0.5, 0.6) is 0 Å². The molecule has 8 heteroatoms. The van der Waals surface area contributed by atoms with E-state index in [0.29, 0.717) is 45.0 Å². The van der Waals surface area contributed by atoms with Crippen LogP contribution in [0.4, 0.5) is 4.79 Å². The second-order valence-electron chi connectivity index (χ2n) is 7.22. The number of nitrogens with one attached hydrogen (secondary N) is 1. The quantitative estimate of drug-likeness (QED) is 0.828. The topological polar surface area (TPSA) is 79.0 Å². The van der Waals surface area contributed by atoms with E-state index in [1.807, 2.05) is 18.2 Å². The number of morpholine rings is 1. The molecule has 2 aromatic carbocycles. The van der Waals surface area contributed by atoms with Gasteiger partial charge in [-0.2, -0.15) is 4.31 Å². The Morgan fingerprint density at radius 3 is 2.45 bits per heavy atom. The molecule has 0 bridgehead atoms. The molecule has 0 radical (unpaired) electrons. The molecule has 4 rings (SSSR count). The lowest BCUT2D eigenvalue weighted by Gasteiger charge is -2.29. The molecule has 2 aliphatic rings. The molecule has 1 saturated heterocycles. The van der Waals surface area contributed by atoms with Crippen LogP contribution in [-0.4, -0.2) is 56.5 Å². The van der Waals surface area contributed by atoms with Crippen LogP contribution < -0.4 is 5.32 Å². The van der Waals surface area contributed by atoms with Crippen molar-refractivity contribution in [2.45, 2.75) is 24.4 Å². The van der Waals surface area contributed by atoms with Crippen molar-refractivity contribution in [1.82, 2.24) is 14.5 Å². The number of nitrogens with zero attached hydrogens (tertiary/aromatic N) is 2. The van der Waals surface area contributed by atoms with Crippen molar-refractivity contribution < 1.29 is 17.9 Å². The van der Waals surface area contributed by atoms with E-state index < -0.39 is 10.0 Å². The van der Waals surface area contributed by atoms with Crippen molar-refractivity contribution in [1.29, 1.82) is 0 Å². The predicted molar refractivity (Wildman–Crippen MR) is 109 cm³/mol.